The van der Waals surface area contributed by atoms with Gasteiger partial charge < -0.3 is 15.0 Å². The molecular formula is C36H40FN3O5S. The molecule has 0 unspecified atom stereocenters. The normalized spacial score (nSPS) is 11.8. The maximum absolute atomic E-state index is 14.5. The van der Waals surface area contributed by atoms with Crippen molar-refractivity contribution in [3.8, 4) is 5.75 Å². The molecule has 0 aliphatic heterocycles. The third kappa shape index (κ3) is 8.72. The van der Waals surface area contributed by atoms with Gasteiger partial charge >= 0.3 is 0 Å². The zero-order valence-electron chi connectivity index (χ0n) is 26.4. The molecule has 4 aromatic rings. The Morgan fingerprint density at radius 1 is 0.870 bits per heavy atom. The quantitative estimate of drug-likeness (QED) is 0.163. The van der Waals surface area contributed by atoms with E-state index in [4.69, 9.17) is 4.74 Å². The van der Waals surface area contributed by atoms with Gasteiger partial charge in [0.1, 0.15) is 24.2 Å². The number of rotatable bonds is 15. The highest BCUT2D eigenvalue weighted by Crippen LogP contribution is 2.32. The third-order valence-electron chi connectivity index (χ3n) is 7.61. The Morgan fingerprint density at radius 2 is 1.52 bits per heavy atom. The Morgan fingerprint density at radius 3 is 2.17 bits per heavy atom. The van der Waals surface area contributed by atoms with Gasteiger partial charge in [-0.05, 0) is 60.9 Å². The average molecular weight is 646 g/mol. The molecule has 46 heavy (non-hydrogen) atoms. The number of halogens is 1. The van der Waals surface area contributed by atoms with Gasteiger partial charge in [-0.25, -0.2) is 12.8 Å². The highest BCUT2D eigenvalue weighted by molar-refractivity contribution is 7.92. The van der Waals surface area contributed by atoms with Gasteiger partial charge in [0, 0.05) is 19.5 Å². The Balaban J connectivity index is 1.81. The van der Waals surface area contributed by atoms with Gasteiger partial charge in [-0.1, -0.05) is 85.6 Å². The molecule has 1 atom stereocenters. The molecule has 0 fully saturated rings. The summed E-state index contributed by atoms with van der Waals surface area (Å²) in [6.45, 7) is 3.62. The van der Waals surface area contributed by atoms with E-state index in [2.05, 4.69) is 5.32 Å². The van der Waals surface area contributed by atoms with Gasteiger partial charge in [-0.2, -0.15) is 0 Å². The molecule has 0 aromatic heterocycles. The number of nitrogens with zero attached hydrogens (tertiary/aromatic N) is 2. The molecule has 0 aliphatic carbocycles. The first-order valence-electron chi connectivity index (χ1n) is 15.2. The van der Waals surface area contributed by atoms with E-state index in [1.165, 1.54) is 36.3 Å². The summed E-state index contributed by atoms with van der Waals surface area (Å²) in [5.74, 6) is -1.16. The molecular weight excluding hydrogens is 605 g/mol. The highest BCUT2D eigenvalue weighted by atomic mass is 32.2. The molecule has 0 saturated carbocycles. The van der Waals surface area contributed by atoms with Gasteiger partial charge in [0.25, 0.3) is 10.0 Å². The fourth-order valence-electron chi connectivity index (χ4n) is 5.03. The predicted octanol–water partition coefficient (Wildman–Crippen LogP) is 5.89. The molecule has 0 saturated heterocycles. The molecule has 10 heteroatoms. The second kappa shape index (κ2) is 16.0. The van der Waals surface area contributed by atoms with Crippen LogP contribution >= 0.6 is 0 Å². The molecule has 4 aromatic carbocycles. The molecule has 0 heterocycles. The zero-order chi connectivity index (χ0) is 33.1. The Bertz CT molecular complexity index is 1700. The van der Waals surface area contributed by atoms with Crippen LogP contribution in [0.15, 0.2) is 108 Å². The molecule has 242 valence electrons. The topological polar surface area (TPSA) is 96.0 Å². The summed E-state index contributed by atoms with van der Waals surface area (Å²) in [6, 6.07) is 26.9. The minimum absolute atomic E-state index is 0.0000323. The number of hydrogen-bond acceptors (Lipinski definition) is 5. The number of hydrogen-bond donors (Lipinski definition) is 1. The number of methoxy groups -OCH3 is 1. The summed E-state index contributed by atoms with van der Waals surface area (Å²) in [7, 11) is -2.85. The summed E-state index contributed by atoms with van der Waals surface area (Å²) < 4.78 is 48.8. The standard InChI is InChI=1S/C36H40FN3O5S/c1-4-5-23-38-36(42)33(24-28-11-7-6-8-12-28)39(25-29-17-19-30(37)20-18-29)35(41)26-40(32-13-9-10-14-34(32)45-3)46(43,44)31-21-15-27(2)16-22-31/h6-22,33H,4-5,23-26H2,1-3H3,(H,38,42)/t33-/m1/s1. The summed E-state index contributed by atoms with van der Waals surface area (Å²) in [5.41, 5.74) is 2.46. The largest absolute Gasteiger partial charge is 0.495 e. The van der Waals surface area contributed by atoms with Crippen LogP contribution in [0.4, 0.5) is 10.1 Å². The van der Waals surface area contributed by atoms with Crippen LogP contribution in [0.1, 0.15) is 36.5 Å². The number of sulfonamides is 1. The minimum atomic E-state index is -4.28. The number of carbonyl (C=O) groups excluding carboxylic acids is 2. The molecule has 0 spiro atoms. The molecule has 4 rings (SSSR count). The fraction of sp³-hybridized carbons (Fsp3) is 0.278. The number of nitrogens with one attached hydrogen (secondary N) is 1. The number of benzene rings is 4. The van der Waals surface area contributed by atoms with Crippen molar-refractivity contribution >= 4 is 27.5 Å². The van der Waals surface area contributed by atoms with E-state index in [0.717, 1.165) is 28.3 Å². The second-order valence-corrected chi connectivity index (χ2v) is 12.9. The van der Waals surface area contributed by atoms with Crippen LogP contribution in [0, 0.1) is 12.7 Å². The fourth-order valence-corrected chi connectivity index (χ4v) is 6.46. The van der Waals surface area contributed by atoms with Crippen LogP contribution < -0.4 is 14.4 Å². The summed E-state index contributed by atoms with van der Waals surface area (Å²) in [6.07, 6.45) is 1.81. The first-order valence-corrected chi connectivity index (χ1v) is 16.7. The van der Waals surface area contributed by atoms with E-state index >= 15 is 0 Å². The number of aryl methyl sites for hydroxylation is 1. The van der Waals surface area contributed by atoms with Crippen molar-refractivity contribution in [2.75, 3.05) is 24.5 Å². The van der Waals surface area contributed by atoms with E-state index in [0.29, 0.717) is 12.1 Å². The molecule has 2 amide bonds. The van der Waals surface area contributed by atoms with Crippen LogP contribution in [-0.4, -0.2) is 51.4 Å². The zero-order valence-corrected chi connectivity index (χ0v) is 27.2. The van der Waals surface area contributed by atoms with Crippen LogP contribution in [0.2, 0.25) is 0 Å². The number of amides is 2. The van der Waals surface area contributed by atoms with Crippen molar-refractivity contribution in [1.29, 1.82) is 0 Å². The van der Waals surface area contributed by atoms with Crippen molar-refractivity contribution in [3.05, 3.63) is 126 Å². The molecule has 1 N–H and O–H groups in total. The summed E-state index contributed by atoms with van der Waals surface area (Å²) in [4.78, 5) is 29.7. The first kappa shape index (κ1) is 34.2. The number of ether oxygens (including phenoxy) is 1. The summed E-state index contributed by atoms with van der Waals surface area (Å²) in [5, 5.41) is 2.95. The van der Waals surface area contributed by atoms with Crippen molar-refractivity contribution < 1.29 is 27.1 Å². The lowest BCUT2D eigenvalue weighted by Gasteiger charge is -2.34. The summed E-state index contributed by atoms with van der Waals surface area (Å²) >= 11 is 0. The van der Waals surface area contributed by atoms with E-state index in [1.807, 2.05) is 44.2 Å². The van der Waals surface area contributed by atoms with Gasteiger partial charge in [-0.3, -0.25) is 13.9 Å². The van der Waals surface area contributed by atoms with Gasteiger partial charge in [-0.15, -0.1) is 0 Å². The lowest BCUT2D eigenvalue weighted by molar-refractivity contribution is -0.140. The lowest BCUT2D eigenvalue weighted by atomic mass is 10.0. The van der Waals surface area contributed by atoms with Crippen LogP contribution in [-0.2, 0) is 32.6 Å². The second-order valence-electron chi connectivity index (χ2n) is 11.0. The smallest absolute Gasteiger partial charge is 0.264 e. The van der Waals surface area contributed by atoms with Crippen LogP contribution in [0.3, 0.4) is 0 Å². The number of carbonyl (C=O) groups is 2. The van der Waals surface area contributed by atoms with Gasteiger partial charge in [0.2, 0.25) is 11.8 Å². The number of anilines is 1. The maximum Gasteiger partial charge on any atom is 0.264 e. The van der Waals surface area contributed by atoms with E-state index in [1.54, 1.807) is 48.5 Å². The maximum atomic E-state index is 14.5. The van der Waals surface area contributed by atoms with E-state index in [9.17, 15) is 22.4 Å². The Kier molecular flexibility index (Phi) is 11.9. The molecule has 0 aliphatic rings. The van der Waals surface area contributed by atoms with Crippen LogP contribution in [0.25, 0.3) is 0 Å². The van der Waals surface area contributed by atoms with Crippen molar-refractivity contribution in [3.63, 3.8) is 0 Å². The third-order valence-corrected chi connectivity index (χ3v) is 9.38. The van der Waals surface area contributed by atoms with Gasteiger partial charge in [0.15, 0.2) is 0 Å². The lowest BCUT2D eigenvalue weighted by Crippen LogP contribution is -2.53. The highest BCUT2D eigenvalue weighted by Gasteiger charge is 2.35. The molecule has 0 radical (unpaired) electrons. The van der Waals surface area contributed by atoms with Gasteiger partial charge in [0.05, 0.1) is 17.7 Å². The predicted molar refractivity (Wildman–Crippen MR) is 178 cm³/mol. The number of unbranched alkanes of at least 4 members (excludes halogenated alkanes) is 1. The number of para-hydroxylation sites is 2. The van der Waals surface area contributed by atoms with Crippen LogP contribution in [0.5, 0.6) is 5.75 Å². The monoisotopic (exact) mass is 645 g/mol. The van der Waals surface area contributed by atoms with Crippen molar-refractivity contribution in [2.24, 2.45) is 0 Å². The van der Waals surface area contributed by atoms with Crippen molar-refractivity contribution in [1.82, 2.24) is 10.2 Å². The Hall–Kier alpha value is -4.70. The van der Waals surface area contributed by atoms with E-state index in [-0.39, 0.29) is 35.2 Å². The molecule has 8 nitrogen and oxygen atoms in total. The average Bonchev–Trinajstić information content (AvgIpc) is 3.06. The SMILES string of the molecule is CCCCNC(=O)[C@@H](Cc1ccccc1)N(Cc1ccc(F)cc1)C(=O)CN(c1ccccc1OC)S(=O)(=O)c1ccc(C)cc1. The molecule has 0 bridgehead atoms. The van der Waals surface area contributed by atoms with E-state index < -0.39 is 34.3 Å². The first-order chi connectivity index (χ1) is 22.1. The minimum Gasteiger partial charge on any atom is -0.495 e. The Labute approximate surface area is 270 Å². The van der Waals surface area contributed by atoms with Crippen molar-refractivity contribution in [2.45, 2.75) is 50.6 Å².